The maximum atomic E-state index is 11.8. The highest BCUT2D eigenvalue weighted by molar-refractivity contribution is 7.89. The summed E-state index contributed by atoms with van der Waals surface area (Å²) in [5, 5.41) is 7.84. The molecule has 1 aromatic rings. The predicted octanol–water partition coefficient (Wildman–Crippen LogP) is 1.48. The van der Waals surface area contributed by atoms with Crippen molar-refractivity contribution in [1.29, 1.82) is 0 Å². The Bertz CT molecular complexity index is 534. The molecule has 1 amide bonds. The lowest BCUT2D eigenvalue weighted by Gasteiger charge is -2.08. The van der Waals surface area contributed by atoms with E-state index in [-0.39, 0.29) is 10.8 Å². The Morgan fingerprint density at radius 3 is 2.61 bits per heavy atom. The number of hydrogen-bond acceptors (Lipinski definition) is 4. The third kappa shape index (κ3) is 3.79. The van der Waals surface area contributed by atoms with Crippen molar-refractivity contribution >= 4 is 27.3 Å². The predicted molar refractivity (Wildman–Crippen MR) is 72.2 cm³/mol. The van der Waals surface area contributed by atoms with E-state index in [1.165, 1.54) is 6.07 Å². The Kier molecular flexibility index (Phi) is 4.89. The van der Waals surface area contributed by atoms with Gasteiger partial charge in [0.25, 0.3) is 5.91 Å². The van der Waals surface area contributed by atoms with Gasteiger partial charge < -0.3 is 5.32 Å². The average Bonchev–Trinajstić information content (AvgIpc) is 2.67. The Balaban J connectivity index is 2.83. The van der Waals surface area contributed by atoms with Crippen LogP contribution in [-0.4, -0.2) is 20.9 Å². The van der Waals surface area contributed by atoms with Crippen LogP contribution in [0.3, 0.4) is 0 Å². The van der Waals surface area contributed by atoms with Crippen molar-refractivity contribution in [3.05, 3.63) is 15.8 Å². The van der Waals surface area contributed by atoms with Gasteiger partial charge in [-0.2, -0.15) is 0 Å². The third-order valence-corrected chi connectivity index (χ3v) is 4.93. The molecule has 0 radical (unpaired) electrons. The first kappa shape index (κ1) is 15.1. The third-order valence-electron chi connectivity index (χ3n) is 2.71. The van der Waals surface area contributed by atoms with Crippen molar-refractivity contribution in [2.75, 3.05) is 6.54 Å². The van der Waals surface area contributed by atoms with E-state index in [2.05, 4.69) is 5.32 Å². The first-order valence-corrected chi connectivity index (χ1v) is 8.03. The van der Waals surface area contributed by atoms with Gasteiger partial charge in [0.15, 0.2) is 0 Å². The lowest BCUT2D eigenvalue weighted by atomic mass is 10.1. The Labute approximate surface area is 111 Å². The van der Waals surface area contributed by atoms with Gasteiger partial charge in [-0.1, -0.05) is 20.3 Å². The van der Waals surface area contributed by atoms with Crippen LogP contribution < -0.4 is 10.5 Å². The van der Waals surface area contributed by atoms with E-state index in [9.17, 15) is 13.2 Å². The topological polar surface area (TPSA) is 89.3 Å². The molecule has 1 aromatic heterocycles. The summed E-state index contributed by atoms with van der Waals surface area (Å²) in [4.78, 5) is 12.8. The number of nitrogens with one attached hydrogen (secondary N) is 1. The molecular formula is C11H18N2O3S2. The number of aryl methyl sites for hydroxylation is 1. The monoisotopic (exact) mass is 290 g/mol. The minimum Gasteiger partial charge on any atom is -0.351 e. The van der Waals surface area contributed by atoms with Crippen molar-refractivity contribution in [2.24, 2.45) is 11.1 Å². The second kappa shape index (κ2) is 5.81. The minimum absolute atomic E-state index is 0.0289. The molecule has 18 heavy (non-hydrogen) atoms. The fourth-order valence-corrected chi connectivity index (χ4v) is 3.42. The van der Waals surface area contributed by atoms with Gasteiger partial charge in [0.1, 0.15) is 0 Å². The van der Waals surface area contributed by atoms with Crippen LogP contribution in [0.4, 0.5) is 0 Å². The Morgan fingerprint density at radius 1 is 1.56 bits per heavy atom. The van der Waals surface area contributed by atoms with Crippen molar-refractivity contribution in [2.45, 2.75) is 32.1 Å². The molecule has 1 unspecified atom stereocenters. The number of thiophene rings is 1. The quantitative estimate of drug-likeness (QED) is 0.860. The van der Waals surface area contributed by atoms with Crippen LogP contribution in [0.2, 0.25) is 0 Å². The van der Waals surface area contributed by atoms with Gasteiger partial charge in [-0.15, -0.1) is 11.3 Å². The maximum absolute atomic E-state index is 11.8. The molecule has 1 atom stereocenters. The highest BCUT2D eigenvalue weighted by atomic mass is 32.2. The molecule has 0 aliphatic carbocycles. The van der Waals surface area contributed by atoms with Gasteiger partial charge in [0.2, 0.25) is 10.0 Å². The smallest absolute Gasteiger partial charge is 0.261 e. The number of rotatable bonds is 5. The number of hydrogen-bond donors (Lipinski definition) is 2. The molecule has 1 rings (SSSR count). The molecule has 7 heteroatoms. The highest BCUT2D eigenvalue weighted by Crippen LogP contribution is 2.24. The molecule has 0 aliphatic heterocycles. The van der Waals surface area contributed by atoms with E-state index in [0.717, 1.165) is 17.8 Å². The molecule has 0 fully saturated rings. The van der Waals surface area contributed by atoms with E-state index in [0.29, 0.717) is 22.2 Å². The molecular weight excluding hydrogens is 272 g/mol. The van der Waals surface area contributed by atoms with Gasteiger partial charge in [-0.25, -0.2) is 13.6 Å². The van der Waals surface area contributed by atoms with Gasteiger partial charge in [-0.05, 0) is 18.9 Å². The number of carbonyl (C=O) groups is 1. The van der Waals surface area contributed by atoms with Crippen LogP contribution >= 0.6 is 11.3 Å². The van der Waals surface area contributed by atoms with E-state index < -0.39 is 10.0 Å². The van der Waals surface area contributed by atoms with Crippen LogP contribution in [0.15, 0.2) is 11.0 Å². The van der Waals surface area contributed by atoms with Gasteiger partial charge in [-0.3, -0.25) is 4.79 Å². The van der Waals surface area contributed by atoms with Crippen molar-refractivity contribution in [3.63, 3.8) is 0 Å². The van der Waals surface area contributed by atoms with Crippen LogP contribution in [0.5, 0.6) is 0 Å². The fraction of sp³-hybridized carbons (Fsp3) is 0.545. The molecule has 0 saturated heterocycles. The summed E-state index contributed by atoms with van der Waals surface area (Å²) in [6.07, 6.45) is 0.978. The van der Waals surface area contributed by atoms with Crippen LogP contribution in [0.25, 0.3) is 0 Å². The molecule has 5 nitrogen and oxygen atoms in total. The van der Waals surface area contributed by atoms with Crippen LogP contribution in [-0.2, 0) is 10.0 Å². The minimum atomic E-state index is -3.75. The molecule has 102 valence electrons. The average molecular weight is 290 g/mol. The van der Waals surface area contributed by atoms with Crippen molar-refractivity contribution in [1.82, 2.24) is 5.32 Å². The molecule has 1 heterocycles. The van der Waals surface area contributed by atoms with Crippen molar-refractivity contribution in [3.8, 4) is 0 Å². The van der Waals surface area contributed by atoms with E-state index >= 15 is 0 Å². The van der Waals surface area contributed by atoms with Gasteiger partial charge >= 0.3 is 0 Å². The molecule has 0 aromatic carbocycles. The molecule has 0 bridgehead atoms. The molecule has 0 saturated carbocycles. The summed E-state index contributed by atoms with van der Waals surface area (Å²) in [5.41, 5.74) is 0. The standard InChI is InChI=1S/C11H18N2O3S2/c1-4-7(2)6-13-11(14)9-5-10(8(3)17-9)18(12,15)16/h5,7H,4,6H2,1-3H3,(H,13,14)(H2,12,15,16). The molecule has 3 N–H and O–H groups in total. The van der Waals surface area contributed by atoms with E-state index in [4.69, 9.17) is 5.14 Å². The highest BCUT2D eigenvalue weighted by Gasteiger charge is 2.19. The summed E-state index contributed by atoms with van der Waals surface area (Å²) in [6.45, 7) is 6.30. The SMILES string of the molecule is CCC(C)CNC(=O)c1cc(S(N)(=O)=O)c(C)s1. The maximum Gasteiger partial charge on any atom is 0.261 e. The second-order valence-electron chi connectivity index (χ2n) is 4.30. The largest absolute Gasteiger partial charge is 0.351 e. The van der Waals surface area contributed by atoms with Crippen molar-refractivity contribution < 1.29 is 13.2 Å². The second-order valence-corrected chi connectivity index (χ2v) is 7.09. The zero-order valence-electron chi connectivity index (χ0n) is 10.7. The van der Waals surface area contributed by atoms with E-state index in [1.54, 1.807) is 6.92 Å². The van der Waals surface area contributed by atoms with Crippen LogP contribution in [0.1, 0.15) is 34.8 Å². The van der Waals surface area contributed by atoms with E-state index in [1.807, 2.05) is 13.8 Å². The zero-order valence-corrected chi connectivity index (χ0v) is 12.3. The number of primary sulfonamides is 1. The van der Waals surface area contributed by atoms with Gasteiger partial charge in [0.05, 0.1) is 9.77 Å². The number of amides is 1. The summed E-state index contributed by atoms with van der Waals surface area (Å²) < 4.78 is 22.5. The molecule has 0 spiro atoms. The number of nitrogens with two attached hydrogens (primary N) is 1. The van der Waals surface area contributed by atoms with Gasteiger partial charge in [0, 0.05) is 11.4 Å². The summed E-state index contributed by atoms with van der Waals surface area (Å²) in [6, 6.07) is 1.33. The molecule has 0 aliphatic rings. The summed E-state index contributed by atoms with van der Waals surface area (Å²) in [5.74, 6) is 0.144. The zero-order chi connectivity index (χ0) is 13.9. The lowest BCUT2D eigenvalue weighted by molar-refractivity contribution is 0.0952. The number of sulfonamides is 1. The summed E-state index contributed by atoms with van der Waals surface area (Å²) in [7, 11) is -3.75. The first-order valence-electron chi connectivity index (χ1n) is 5.67. The normalized spacial score (nSPS) is 13.3. The fourth-order valence-electron chi connectivity index (χ4n) is 1.36. The summed E-state index contributed by atoms with van der Waals surface area (Å²) >= 11 is 1.14. The van der Waals surface area contributed by atoms with Crippen LogP contribution in [0, 0.1) is 12.8 Å². The first-order chi connectivity index (χ1) is 8.25. The Hall–Kier alpha value is -0.920. The number of carbonyl (C=O) groups excluding carboxylic acids is 1. The Morgan fingerprint density at radius 2 is 2.17 bits per heavy atom. The lowest BCUT2D eigenvalue weighted by Crippen LogP contribution is -2.27.